The van der Waals surface area contributed by atoms with E-state index in [1.165, 1.54) is 40.6 Å². The van der Waals surface area contributed by atoms with Crippen molar-refractivity contribution in [2.75, 3.05) is 28.4 Å². The second-order valence-corrected chi connectivity index (χ2v) is 7.35. The number of nitrogens with one attached hydrogen (secondary N) is 1. The Hall–Kier alpha value is -4.80. The summed E-state index contributed by atoms with van der Waals surface area (Å²) in [5.41, 5.74) is 0.288. The van der Waals surface area contributed by atoms with E-state index in [4.69, 9.17) is 27.8 Å². The lowest BCUT2D eigenvalue weighted by Crippen LogP contribution is -2.05. The first-order chi connectivity index (χ1) is 16.9. The van der Waals surface area contributed by atoms with Crippen molar-refractivity contribution in [3.8, 4) is 46.2 Å². The molecule has 5 aromatic rings. The molecule has 11 nitrogen and oxygen atoms in total. The largest absolute Gasteiger partial charge is 0.493 e. The van der Waals surface area contributed by atoms with E-state index < -0.39 is 11.3 Å². The summed E-state index contributed by atoms with van der Waals surface area (Å²) >= 11 is 0. The molecule has 0 aliphatic carbocycles. The van der Waals surface area contributed by atoms with Crippen LogP contribution in [0, 0.1) is 0 Å². The summed E-state index contributed by atoms with van der Waals surface area (Å²) in [6.45, 7) is 0. The molecule has 0 spiro atoms. The molecule has 0 unspecified atom stereocenters. The van der Waals surface area contributed by atoms with E-state index >= 15 is 0 Å². The zero-order chi connectivity index (χ0) is 24.7. The molecule has 2 aromatic carbocycles. The summed E-state index contributed by atoms with van der Waals surface area (Å²) in [4.78, 5) is 37.1. The standard InChI is InChI=1S/C24H19N3O8/c1-30-17-7-11-15(9-19(17)32-3)26-21(34-23(11)28)13-5-6-14(25-13)22-27-16-10-20(33-4)18(31-2)8-12(16)24(29)35-22/h5-10,25H,1-4H3. The van der Waals surface area contributed by atoms with Crippen LogP contribution in [0.3, 0.4) is 0 Å². The summed E-state index contributed by atoms with van der Waals surface area (Å²) < 4.78 is 31.9. The summed E-state index contributed by atoms with van der Waals surface area (Å²) in [6.07, 6.45) is 0. The third-order valence-electron chi connectivity index (χ3n) is 5.41. The molecule has 3 aromatic heterocycles. The van der Waals surface area contributed by atoms with Crippen molar-refractivity contribution in [2.24, 2.45) is 0 Å². The molecule has 0 atom stereocenters. The molecule has 0 amide bonds. The van der Waals surface area contributed by atoms with Gasteiger partial charge in [0.25, 0.3) is 0 Å². The number of methoxy groups -OCH3 is 4. The van der Waals surface area contributed by atoms with Crippen LogP contribution in [0.5, 0.6) is 23.0 Å². The molecule has 35 heavy (non-hydrogen) atoms. The lowest BCUT2D eigenvalue weighted by Gasteiger charge is -2.08. The predicted octanol–water partition coefficient (Wildman–Crippen LogP) is 3.39. The Bertz CT molecular complexity index is 1580. The van der Waals surface area contributed by atoms with Gasteiger partial charge >= 0.3 is 11.3 Å². The Balaban J connectivity index is 1.59. The Labute approximate surface area is 196 Å². The fraction of sp³-hybridized carbons (Fsp3) is 0.167. The van der Waals surface area contributed by atoms with Crippen LogP contribution in [0.25, 0.3) is 45.0 Å². The molecule has 0 radical (unpaired) electrons. The molecule has 0 saturated heterocycles. The summed E-state index contributed by atoms with van der Waals surface area (Å²) in [6, 6.07) is 9.46. The minimum atomic E-state index is -0.599. The number of fused-ring (bicyclic) bond motifs is 2. The van der Waals surface area contributed by atoms with Crippen LogP contribution in [-0.2, 0) is 0 Å². The molecular weight excluding hydrogens is 458 g/mol. The number of benzene rings is 2. The van der Waals surface area contributed by atoms with E-state index in [0.717, 1.165) is 0 Å². The smallest absolute Gasteiger partial charge is 0.347 e. The predicted molar refractivity (Wildman–Crippen MR) is 126 cm³/mol. The van der Waals surface area contributed by atoms with Gasteiger partial charge in [-0.2, -0.15) is 0 Å². The van der Waals surface area contributed by atoms with Gasteiger partial charge < -0.3 is 32.8 Å². The molecular formula is C24H19N3O8. The summed E-state index contributed by atoms with van der Waals surface area (Å²) in [7, 11) is 5.92. The molecule has 3 heterocycles. The van der Waals surface area contributed by atoms with Crippen molar-refractivity contribution in [1.82, 2.24) is 15.0 Å². The van der Waals surface area contributed by atoms with Crippen molar-refractivity contribution in [3.63, 3.8) is 0 Å². The van der Waals surface area contributed by atoms with Crippen LogP contribution in [0.2, 0.25) is 0 Å². The lowest BCUT2D eigenvalue weighted by molar-refractivity contribution is 0.355. The van der Waals surface area contributed by atoms with Crippen molar-refractivity contribution >= 4 is 21.8 Å². The molecule has 0 aliphatic rings. The summed E-state index contributed by atoms with van der Waals surface area (Å²) in [5, 5.41) is 0.481. The minimum Gasteiger partial charge on any atom is -0.493 e. The quantitative estimate of drug-likeness (QED) is 0.387. The fourth-order valence-corrected chi connectivity index (χ4v) is 3.67. The van der Waals surface area contributed by atoms with Crippen LogP contribution in [0.1, 0.15) is 0 Å². The lowest BCUT2D eigenvalue weighted by atomic mass is 10.2. The van der Waals surface area contributed by atoms with Crippen LogP contribution < -0.4 is 30.2 Å². The molecule has 5 rings (SSSR count). The number of rotatable bonds is 6. The number of ether oxygens (including phenoxy) is 4. The molecule has 0 fully saturated rings. The van der Waals surface area contributed by atoms with E-state index in [2.05, 4.69) is 15.0 Å². The van der Waals surface area contributed by atoms with E-state index in [1.807, 2.05) is 0 Å². The van der Waals surface area contributed by atoms with Gasteiger partial charge in [-0.05, 0) is 12.1 Å². The highest BCUT2D eigenvalue weighted by molar-refractivity contribution is 5.84. The van der Waals surface area contributed by atoms with E-state index in [9.17, 15) is 9.59 Å². The molecule has 0 saturated carbocycles. The topological polar surface area (TPSA) is 139 Å². The highest BCUT2D eigenvalue weighted by Crippen LogP contribution is 2.33. The molecule has 0 bridgehead atoms. The monoisotopic (exact) mass is 477 g/mol. The highest BCUT2D eigenvalue weighted by Gasteiger charge is 2.17. The van der Waals surface area contributed by atoms with Crippen molar-refractivity contribution in [3.05, 3.63) is 57.2 Å². The Morgan fingerprint density at radius 2 is 1.00 bits per heavy atom. The highest BCUT2D eigenvalue weighted by atomic mass is 16.5. The van der Waals surface area contributed by atoms with Gasteiger partial charge in [0.2, 0.25) is 11.8 Å². The average Bonchev–Trinajstić information content (AvgIpc) is 3.37. The Morgan fingerprint density at radius 1 is 0.629 bits per heavy atom. The van der Waals surface area contributed by atoms with Gasteiger partial charge in [-0.25, -0.2) is 19.6 Å². The second-order valence-electron chi connectivity index (χ2n) is 7.35. The summed E-state index contributed by atoms with van der Waals surface area (Å²) in [5.74, 6) is 1.69. The first kappa shape index (κ1) is 22.0. The van der Waals surface area contributed by atoms with Crippen molar-refractivity contribution in [2.45, 2.75) is 0 Å². The van der Waals surface area contributed by atoms with Crippen molar-refractivity contribution in [1.29, 1.82) is 0 Å². The van der Waals surface area contributed by atoms with Gasteiger partial charge in [-0.1, -0.05) is 0 Å². The zero-order valence-electron chi connectivity index (χ0n) is 19.1. The number of aromatic nitrogens is 3. The van der Waals surface area contributed by atoms with Gasteiger partial charge in [-0.15, -0.1) is 0 Å². The number of hydrogen-bond acceptors (Lipinski definition) is 10. The van der Waals surface area contributed by atoms with Gasteiger partial charge in [0.05, 0.1) is 50.2 Å². The van der Waals surface area contributed by atoms with Crippen LogP contribution >= 0.6 is 0 Å². The first-order valence-electron chi connectivity index (χ1n) is 10.3. The van der Waals surface area contributed by atoms with Gasteiger partial charge in [0, 0.05) is 24.3 Å². The van der Waals surface area contributed by atoms with Crippen LogP contribution in [0.15, 0.2) is 54.8 Å². The van der Waals surface area contributed by atoms with E-state index in [0.29, 0.717) is 45.4 Å². The molecule has 178 valence electrons. The third kappa shape index (κ3) is 3.72. The number of aromatic amines is 1. The Kier molecular flexibility index (Phi) is 5.36. The van der Waals surface area contributed by atoms with Gasteiger partial charge in [0.1, 0.15) is 11.4 Å². The van der Waals surface area contributed by atoms with Gasteiger partial charge in [-0.3, -0.25) is 0 Å². The zero-order valence-corrected chi connectivity index (χ0v) is 19.1. The van der Waals surface area contributed by atoms with Gasteiger partial charge in [0.15, 0.2) is 23.0 Å². The van der Waals surface area contributed by atoms with Crippen LogP contribution in [-0.4, -0.2) is 43.4 Å². The maximum absolute atomic E-state index is 12.6. The normalized spacial score (nSPS) is 11.1. The fourth-order valence-electron chi connectivity index (χ4n) is 3.67. The second kappa shape index (κ2) is 8.52. The van der Waals surface area contributed by atoms with Crippen molar-refractivity contribution < 1.29 is 27.8 Å². The van der Waals surface area contributed by atoms with E-state index in [1.54, 1.807) is 24.3 Å². The Morgan fingerprint density at radius 3 is 1.37 bits per heavy atom. The number of hydrogen-bond donors (Lipinski definition) is 1. The SMILES string of the molecule is COc1cc2nc(-c3ccc(-c4nc5cc(OC)c(OC)cc5c(=O)o4)[nH]3)oc(=O)c2cc1OC. The average molecular weight is 477 g/mol. The number of nitrogens with zero attached hydrogens (tertiary/aromatic N) is 2. The van der Waals surface area contributed by atoms with E-state index in [-0.39, 0.29) is 22.6 Å². The molecule has 0 aliphatic heterocycles. The third-order valence-corrected chi connectivity index (χ3v) is 5.41. The molecule has 1 N–H and O–H groups in total. The molecule has 11 heteroatoms. The minimum absolute atomic E-state index is 0.0375. The maximum atomic E-state index is 12.6. The maximum Gasteiger partial charge on any atom is 0.347 e. The van der Waals surface area contributed by atoms with Crippen LogP contribution in [0.4, 0.5) is 0 Å². The number of H-pyrrole nitrogens is 1. The first-order valence-corrected chi connectivity index (χ1v) is 10.3.